The number of pyridine rings is 1. The summed E-state index contributed by atoms with van der Waals surface area (Å²) in [6.07, 6.45) is -2.19. The Bertz CT molecular complexity index is 618. The van der Waals surface area contributed by atoms with Crippen LogP contribution in [0.4, 0.5) is 30.5 Å². The number of nitrogens with zero attached hydrogens (tertiary/aromatic N) is 3. The highest BCUT2D eigenvalue weighted by Crippen LogP contribution is 2.38. The van der Waals surface area contributed by atoms with Crippen molar-refractivity contribution in [1.82, 2.24) is 4.98 Å². The summed E-state index contributed by atoms with van der Waals surface area (Å²) >= 11 is 0. The van der Waals surface area contributed by atoms with Gasteiger partial charge in [0, 0.05) is 32.2 Å². The van der Waals surface area contributed by atoms with Gasteiger partial charge in [0.2, 0.25) is 0 Å². The standard InChI is InChI=1S/C17H23F3N4/c1-11-6-8-23-10-13(11)21-16-14(23)4-5-15(22-16)24-7-2-3-12(9-24)17(18,19)20/h4-5,11-13H,2-3,6-10H2,1H3,(H,21,22)/t11?,12?,13-/m1/s1. The Kier molecular flexibility index (Phi) is 3.77. The van der Waals surface area contributed by atoms with Gasteiger partial charge in [0.15, 0.2) is 5.82 Å². The first kappa shape index (κ1) is 15.8. The Hall–Kier alpha value is -1.66. The maximum Gasteiger partial charge on any atom is 0.393 e. The van der Waals surface area contributed by atoms with Gasteiger partial charge in [0.1, 0.15) is 5.82 Å². The number of hydrogen-bond donors (Lipinski definition) is 1. The molecule has 0 amide bonds. The van der Waals surface area contributed by atoms with Crippen LogP contribution >= 0.6 is 0 Å². The highest BCUT2D eigenvalue weighted by atomic mass is 19.4. The van der Waals surface area contributed by atoms with Crippen LogP contribution in [0.3, 0.4) is 0 Å². The minimum Gasteiger partial charge on any atom is -0.366 e. The normalized spacial score (nSPS) is 29.9. The molecule has 4 nitrogen and oxygen atoms in total. The van der Waals surface area contributed by atoms with E-state index in [1.54, 1.807) is 4.90 Å². The van der Waals surface area contributed by atoms with Crippen molar-refractivity contribution in [2.24, 2.45) is 11.8 Å². The molecule has 24 heavy (non-hydrogen) atoms. The first-order chi connectivity index (χ1) is 11.4. The molecule has 3 aliphatic heterocycles. The van der Waals surface area contributed by atoms with Crippen LogP contribution in [0.25, 0.3) is 0 Å². The summed E-state index contributed by atoms with van der Waals surface area (Å²) in [7, 11) is 0. The monoisotopic (exact) mass is 340 g/mol. The number of halogens is 3. The molecular weight excluding hydrogens is 317 g/mol. The molecule has 3 aliphatic rings. The van der Waals surface area contributed by atoms with Crippen LogP contribution < -0.4 is 15.1 Å². The molecule has 0 spiro atoms. The zero-order chi connectivity index (χ0) is 16.9. The van der Waals surface area contributed by atoms with Gasteiger partial charge in [-0.25, -0.2) is 4.98 Å². The van der Waals surface area contributed by atoms with Crippen molar-refractivity contribution in [3.63, 3.8) is 0 Å². The molecule has 2 unspecified atom stereocenters. The van der Waals surface area contributed by atoms with Crippen molar-refractivity contribution >= 4 is 17.3 Å². The van der Waals surface area contributed by atoms with E-state index >= 15 is 0 Å². The molecule has 4 rings (SSSR count). The lowest BCUT2D eigenvalue weighted by Gasteiger charge is -2.44. The van der Waals surface area contributed by atoms with E-state index in [1.807, 2.05) is 12.1 Å². The number of piperidine rings is 2. The number of anilines is 3. The zero-order valence-corrected chi connectivity index (χ0v) is 13.8. The second-order valence-corrected chi connectivity index (χ2v) is 7.33. The minimum absolute atomic E-state index is 0.0127. The molecule has 4 heterocycles. The lowest BCUT2D eigenvalue weighted by atomic mass is 9.91. The van der Waals surface area contributed by atoms with Crippen molar-refractivity contribution < 1.29 is 13.2 Å². The molecule has 1 aromatic heterocycles. The first-order valence-electron chi connectivity index (χ1n) is 8.76. The minimum atomic E-state index is -4.12. The van der Waals surface area contributed by atoms with Crippen molar-refractivity contribution in [3.05, 3.63) is 12.1 Å². The number of hydrogen-bond acceptors (Lipinski definition) is 4. The first-order valence-corrected chi connectivity index (χ1v) is 8.76. The summed E-state index contributed by atoms with van der Waals surface area (Å²) in [5, 5.41) is 3.50. The van der Waals surface area contributed by atoms with Gasteiger partial charge in [-0.15, -0.1) is 0 Å². The van der Waals surface area contributed by atoms with Crippen LogP contribution in [0.15, 0.2) is 12.1 Å². The van der Waals surface area contributed by atoms with Gasteiger partial charge in [0.25, 0.3) is 0 Å². The number of alkyl halides is 3. The molecule has 0 radical (unpaired) electrons. The van der Waals surface area contributed by atoms with Gasteiger partial charge in [-0.1, -0.05) is 6.92 Å². The third kappa shape index (κ3) is 2.78. The maximum atomic E-state index is 13.0. The lowest BCUT2D eigenvalue weighted by Crippen LogP contribution is -2.50. The van der Waals surface area contributed by atoms with E-state index in [9.17, 15) is 13.2 Å². The summed E-state index contributed by atoms with van der Waals surface area (Å²) in [6, 6.07) is 4.25. The van der Waals surface area contributed by atoms with E-state index in [0.717, 1.165) is 31.0 Å². The topological polar surface area (TPSA) is 31.4 Å². The number of fused-ring (bicyclic) bond motifs is 4. The van der Waals surface area contributed by atoms with E-state index in [4.69, 9.17) is 0 Å². The average molecular weight is 340 g/mol. The quantitative estimate of drug-likeness (QED) is 0.848. The third-order valence-electron chi connectivity index (χ3n) is 5.69. The highest BCUT2D eigenvalue weighted by molar-refractivity contribution is 5.72. The Balaban J connectivity index is 1.57. The van der Waals surface area contributed by atoms with Gasteiger partial charge in [0.05, 0.1) is 11.6 Å². The number of rotatable bonds is 1. The van der Waals surface area contributed by atoms with Crippen LogP contribution in [0, 0.1) is 11.8 Å². The molecule has 0 aliphatic carbocycles. The smallest absolute Gasteiger partial charge is 0.366 e. The van der Waals surface area contributed by atoms with Gasteiger partial charge >= 0.3 is 6.18 Å². The van der Waals surface area contributed by atoms with Crippen LogP contribution in [-0.2, 0) is 0 Å². The Morgan fingerprint density at radius 3 is 2.75 bits per heavy atom. The molecule has 2 bridgehead atoms. The van der Waals surface area contributed by atoms with Gasteiger partial charge < -0.3 is 15.1 Å². The lowest BCUT2D eigenvalue weighted by molar-refractivity contribution is -0.176. The Morgan fingerprint density at radius 2 is 1.96 bits per heavy atom. The van der Waals surface area contributed by atoms with Crippen LogP contribution in [0.2, 0.25) is 0 Å². The molecule has 1 N–H and O–H groups in total. The van der Waals surface area contributed by atoms with E-state index in [2.05, 4.69) is 22.1 Å². The average Bonchev–Trinajstić information content (AvgIpc) is 2.57. The SMILES string of the molecule is CC1CCN2C[C@H]1Nc1nc(N3CCCC(C(F)(F)F)C3)ccc12. The summed E-state index contributed by atoms with van der Waals surface area (Å²) < 4.78 is 39.1. The van der Waals surface area contributed by atoms with Crippen LogP contribution in [-0.4, -0.2) is 43.4 Å². The highest BCUT2D eigenvalue weighted by Gasteiger charge is 2.42. The van der Waals surface area contributed by atoms with E-state index in [1.165, 1.54) is 0 Å². The fourth-order valence-corrected chi connectivity index (χ4v) is 4.08. The maximum absolute atomic E-state index is 13.0. The molecule has 2 fully saturated rings. The van der Waals surface area contributed by atoms with Crippen molar-refractivity contribution in [3.8, 4) is 0 Å². The molecule has 132 valence electrons. The predicted octanol–water partition coefficient (Wildman–Crippen LogP) is 3.50. The molecule has 2 saturated heterocycles. The van der Waals surface area contributed by atoms with E-state index in [0.29, 0.717) is 30.7 Å². The van der Waals surface area contributed by atoms with Gasteiger partial charge in [-0.2, -0.15) is 13.2 Å². The molecule has 3 atom stereocenters. The van der Waals surface area contributed by atoms with Crippen LogP contribution in [0.5, 0.6) is 0 Å². The fourth-order valence-electron chi connectivity index (χ4n) is 4.08. The largest absolute Gasteiger partial charge is 0.393 e. The molecule has 1 aromatic rings. The summed E-state index contributed by atoms with van der Waals surface area (Å²) in [4.78, 5) is 8.80. The van der Waals surface area contributed by atoms with Crippen molar-refractivity contribution in [2.75, 3.05) is 41.3 Å². The van der Waals surface area contributed by atoms with Gasteiger partial charge in [-0.05, 0) is 37.3 Å². The van der Waals surface area contributed by atoms with Crippen molar-refractivity contribution in [1.29, 1.82) is 0 Å². The third-order valence-corrected chi connectivity index (χ3v) is 5.69. The zero-order valence-electron chi connectivity index (χ0n) is 13.8. The van der Waals surface area contributed by atoms with E-state index in [-0.39, 0.29) is 13.0 Å². The predicted molar refractivity (Wildman–Crippen MR) is 88.6 cm³/mol. The number of aromatic nitrogens is 1. The van der Waals surface area contributed by atoms with Gasteiger partial charge in [-0.3, -0.25) is 0 Å². The molecule has 0 saturated carbocycles. The molecule has 0 aromatic carbocycles. The fraction of sp³-hybridized carbons (Fsp3) is 0.706. The Labute approximate surface area is 140 Å². The van der Waals surface area contributed by atoms with Crippen molar-refractivity contribution in [2.45, 2.75) is 38.4 Å². The number of nitrogens with one attached hydrogen (secondary N) is 1. The summed E-state index contributed by atoms with van der Waals surface area (Å²) in [5.41, 5.74) is 1.08. The van der Waals surface area contributed by atoms with Crippen LogP contribution in [0.1, 0.15) is 26.2 Å². The Morgan fingerprint density at radius 1 is 1.12 bits per heavy atom. The second-order valence-electron chi connectivity index (χ2n) is 7.33. The molecular formula is C17H23F3N4. The summed E-state index contributed by atoms with van der Waals surface area (Å²) in [5.74, 6) is 0.818. The molecule has 7 heteroatoms. The van der Waals surface area contributed by atoms with E-state index < -0.39 is 12.1 Å². The summed E-state index contributed by atoms with van der Waals surface area (Å²) in [6.45, 7) is 4.89. The second kappa shape index (κ2) is 5.70.